The summed E-state index contributed by atoms with van der Waals surface area (Å²) in [6.45, 7) is 6.53. The SMILES string of the molecule is CCc1ccc2nc(C)cc(C(=O)NCCC[C@H]3CCOC3)c2c1. The van der Waals surface area contributed by atoms with Gasteiger partial charge in [-0.2, -0.15) is 0 Å². The molecule has 2 aromatic rings. The van der Waals surface area contributed by atoms with Gasteiger partial charge in [0.1, 0.15) is 0 Å². The summed E-state index contributed by atoms with van der Waals surface area (Å²) in [7, 11) is 0. The first kappa shape index (κ1) is 16.9. The third-order valence-corrected chi connectivity index (χ3v) is 4.75. The smallest absolute Gasteiger partial charge is 0.252 e. The lowest BCUT2D eigenvalue weighted by atomic mass is 10.0. The van der Waals surface area contributed by atoms with Crippen molar-refractivity contribution in [2.24, 2.45) is 5.92 Å². The number of aromatic nitrogens is 1. The van der Waals surface area contributed by atoms with Crippen LogP contribution in [0.1, 0.15) is 47.8 Å². The van der Waals surface area contributed by atoms with Crippen LogP contribution in [0.15, 0.2) is 24.3 Å². The lowest BCUT2D eigenvalue weighted by molar-refractivity contribution is 0.0954. The van der Waals surface area contributed by atoms with Crippen LogP contribution in [-0.4, -0.2) is 30.6 Å². The zero-order valence-electron chi connectivity index (χ0n) is 14.6. The van der Waals surface area contributed by atoms with E-state index in [1.165, 1.54) is 5.56 Å². The van der Waals surface area contributed by atoms with Crippen molar-refractivity contribution < 1.29 is 9.53 Å². The second-order valence-corrected chi connectivity index (χ2v) is 6.64. The van der Waals surface area contributed by atoms with Crippen molar-refractivity contribution in [1.82, 2.24) is 10.3 Å². The Labute approximate surface area is 143 Å². The second kappa shape index (κ2) is 7.75. The molecule has 4 nitrogen and oxygen atoms in total. The van der Waals surface area contributed by atoms with Crippen LogP contribution < -0.4 is 5.32 Å². The van der Waals surface area contributed by atoms with Crippen molar-refractivity contribution in [2.75, 3.05) is 19.8 Å². The zero-order chi connectivity index (χ0) is 16.9. The Morgan fingerprint density at radius 1 is 1.38 bits per heavy atom. The minimum absolute atomic E-state index is 0.00132. The summed E-state index contributed by atoms with van der Waals surface area (Å²) in [5, 5.41) is 4.02. The van der Waals surface area contributed by atoms with Gasteiger partial charge in [-0.1, -0.05) is 13.0 Å². The monoisotopic (exact) mass is 326 g/mol. The maximum atomic E-state index is 12.6. The number of carbonyl (C=O) groups excluding carboxylic acids is 1. The summed E-state index contributed by atoms with van der Waals surface area (Å²) >= 11 is 0. The molecule has 1 saturated heterocycles. The average molecular weight is 326 g/mol. The number of nitrogens with one attached hydrogen (secondary N) is 1. The quantitative estimate of drug-likeness (QED) is 0.824. The van der Waals surface area contributed by atoms with Gasteiger partial charge < -0.3 is 10.1 Å². The largest absolute Gasteiger partial charge is 0.381 e. The number of nitrogens with zero attached hydrogens (tertiary/aromatic N) is 1. The molecule has 2 heterocycles. The number of fused-ring (bicyclic) bond motifs is 1. The number of hydrogen-bond acceptors (Lipinski definition) is 3. The Kier molecular flexibility index (Phi) is 5.46. The van der Waals surface area contributed by atoms with E-state index in [9.17, 15) is 4.79 Å². The van der Waals surface area contributed by atoms with E-state index < -0.39 is 0 Å². The van der Waals surface area contributed by atoms with Crippen molar-refractivity contribution in [2.45, 2.75) is 39.5 Å². The normalized spacial score (nSPS) is 17.3. The van der Waals surface area contributed by atoms with Crippen molar-refractivity contribution in [1.29, 1.82) is 0 Å². The van der Waals surface area contributed by atoms with E-state index in [2.05, 4.69) is 29.4 Å². The van der Waals surface area contributed by atoms with Crippen LogP contribution >= 0.6 is 0 Å². The number of ether oxygens (including phenoxy) is 1. The highest BCUT2D eigenvalue weighted by Gasteiger charge is 2.16. The van der Waals surface area contributed by atoms with E-state index in [0.29, 0.717) is 12.5 Å². The van der Waals surface area contributed by atoms with E-state index in [1.807, 2.05) is 19.1 Å². The van der Waals surface area contributed by atoms with E-state index >= 15 is 0 Å². The molecule has 1 aromatic carbocycles. The maximum absolute atomic E-state index is 12.6. The van der Waals surface area contributed by atoms with Crippen LogP contribution in [-0.2, 0) is 11.2 Å². The molecule has 1 atom stereocenters. The topological polar surface area (TPSA) is 51.2 Å². The molecule has 1 aliphatic rings. The van der Waals surface area contributed by atoms with Crippen LogP contribution in [0.4, 0.5) is 0 Å². The van der Waals surface area contributed by atoms with Crippen molar-refractivity contribution in [3.8, 4) is 0 Å². The maximum Gasteiger partial charge on any atom is 0.252 e. The van der Waals surface area contributed by atoms with Gasteiger partial charge in [0.25, 0.3) is 5.91 Å². The van der Waals surface area contributed by atoms with Crippen LogP contribution in [0, 0.1) is 12.8 Å². The van der Waals surface area contributed by atoms with Crippen molar-refractivity contribution in [3.05, 3.63) is 41.1 Å². The summed E-state index contributed by atoms with van der Waals surface area (Å²) < 4.78 is 5.39. The summed E-state index contributed by atoms with van der Waals surface area (Å²) in [5.41, 5.74) is 3.72. The Morgan fingerprint density at radius 3 is 3.00 bits per heavy atom. The molecule has 0 saturated carbocycles. The molecule has 0 unspecified atom stereocenters. The van der Waals surface area contributed by atoms with Gasteiger partial charge >= 0.3 is 0 Å². The number of benzene rings is 1. The molecular formula is C20H26N2O2. The molecule has 128 valence electrons. The highest BCUT2D eigenvalue weighted by Crippen LogP contribution is 2.21. The van der Waals surface area contributed by atoms with E-state index in [1.54, 1.807) is 0 Å². The third-order valence-electron chi connectivity index (χ3n) is 4.75. The summed E-state index contributed by atoms with van der Waals surface area (Å²) in [5.74, 6) is 0.666. The summed E-state index contributed by atoms with van der Waals surface area (Å²) in [4.78, 5) is 17.2. The molecule has 1 aromatic heterocycles. The van der Waals surface area contributed by atoms with Crippen molar-refractivity contribution in [3.63, 3.8) is 0 Å². The predicted molar refractivity (Wildman–Crippen MR) is 96.4 cm³/mol. The number of rotatable bonds is 6. The minimum Gasteiger partial charge on any atom is -0.381 e. The summed E-state index contributed by atoms with van der Waals surface area (Å²) in [6, 6.07) is 8.08. The number of carbonyl (C=O) groups is 1. The molecule has 1 amide bonds. The molecule has 1 N–H and O–H groups in total. The van der Waals surface area contributed by atoms with Crippen molar-refractivity contribution >= 4 is 16.8 Å². The highest BCUT2D eigenvalue weighted by atomic mass is 16.5. The molecule has 0 bridgehead atoms. The van der Waals surface area contributed by atoms with Gasteiger partial charge in [0.05, 0.1) is 11.1 Å². The standard InChI is InChI=1S/C20H26N2O2/c1-3-15-6-7-19-17(12-15)18(11-14(2)22-19)20(23)21-9-4-5-16-8-10-24-13-16/h6-7,11-12,16H,3-5,8-10,13H2,1-2H3,(H,21,23)/t16-/m0/s1. The Morgan fingerprint density at radius 2 is 2.25 bits per heavy atom. The van der Waals surface area contributed by atoms with E-state index in [-0.39, 0.29) is 5.91 Å². The van der Waals surface area contributed by atoms with Gasteiger partial charge in [-0.15, -0.1) is 0 Å². The Bertz CT molecular complexity index is 721. The number of pyridine rings is 1. The molecule has 24 heavy (non-hydrogen) atoms. The molecule has 3 rings (SSSR count). The van der Waals surface area contributed by atoms with Gasteiger partial charge in [-0.3, -0.25) is 9.78 Å². The minimum atomic E-state index is 0.00132. The number of aryl methyl sites for hydroxylation is 2. The Balaban J connectivity index is 1.68. The lowest BCUT2D eigenvalue weighted by Gasteiger charge is -2.11. The average Bonchev–Trinajstić information content (AvgIpc) is 3.10. The fourth-order valence-corrected chi connectivity index (χ4v) is 3.31. The molecule has 0 spiro atoms. The Hall–Kier alpha value is -1.94. The molecule has 1 fully saturated rings. The van der Waals surface area contributed by atoms with Gasteiger partial charge in [-0.25, -0.2) is 0 Å². The first-order chi connectivity index (χ1) is 11.7. The van der Waals surface area contributed by atoms with Gasteiger partial charge in [0, 0.05) is 30.8 Å². The fraction of sp³-hybridized carbons (Fsp3) is 0.500. The number of amides is 1. The highest BCUT2D eigenvalue weighted by molar-refractivity contribution is 6.06. The molecular weight excluding hydrogens is 300 g/mol. The molecule has 1 aliphatic heterocycles. The molecule has 0 radical (unpaired) electrons. The second-order valence-electron chi connectivity index (χ2n) is 6.64. The predicted octanol–water partition coefficient (Wildman–Crippen LogP) is 3.65. The first-order valence-corrected chi connectivity index (χ1v) is 8.93. The van der Waals surface area contributed by atoms with E-state index in [4.69, 9.17) is 4.74 Å². The number of hydrogen-bond donors (Lipinski definition) is 1. The van der Waals surface area contributed by atoms with Crippen LogP contribution in [0.3, 0.4) is 0 Å². The molecule has 4 heteroatoms. The lowest BCUT2D eigenvalue weighted by Crippen LogP contribution is -2.25. The van der Waals surface area contributed by atoms with Gasteiger partial charge in [0.15, 0.2) is 0 Å². The van der Waals surface area contributed by atoms with Gasteiger partial charge in [-0.05, 0) is 62.3 Å². The van der Waals surface area contributed by atoms with E-state index in [0.717, 1.165) is 61.1 Å². The zero-order valence-corrected chi connectivity index (χ0v) is 14.6. The van der Waals surface area contributed by atoms with Crippen LogP contribution in [0.25, 0.3) is 10.9 Å². The van der Waals surface area contributed by atoms with Crippen LogP contribution in [0.2, 0.25) is 0 Å². The first-order valence-electron chi connectivity index (χ1n) is 8.93. The molecule has 0 aliphatic carbocycles. The fourth-order valence-electron chi connectivity index (χ4n) is 3.31. The third kappa shape index (κ3) is 3.93. The van der Waals surface area contributed by atoms with Crippen LogP contribution in [0.5, 0.6) is 0 Å². The van der Waals surface area contributed by atoms with Gasteiger partial charge in [0.2, 0.25) is 0 Å². The summed E-state index contributed by atoms with van der Waals surface area (Å²) in [6.07, 6.45) is 4.23.